The fourth-order valence-electron chi connectivity index (χ4n) is 1.90. The average molecular weight is 288 g/mol. The van der Waals surface area contributed by atoms with Crippen LogP contribution in [0.1, 0.15) is 24.5 Å². The van der Waals surface area contributed by atoms with Gasteiger partial charge in [-0.05, 0) is 44.6 Å². The average Bonchev–Trinajstić information content (AvgIpc) is 3.09. The van der Waals surface area contributed by atoms with E-state index in [0.717, 1.165) is 17.9 Å². The van der Waals surface area contributed by atoms with E-state index < -0.39 is 11.0 Å². The van der Waals surface area contributed by atoms with Crippen LogP contribution in [-0.2, 0) is 15.7 Å². The summed E-state index contributed by atoms with van der Waals surface area (Å²) >= 11 is 5.84. The summed E-state index contributed by atoms with van der Waals surface area (Å²) in [5.74, 6) is 0.709. The molecular formula is C13H18ClNO2S. The Balaban J connectivity index is 1.72. The number of hydrogen-bond acceptors (Lipinski definition) is 2. The van der Waals surface area contributed by atoms with E-state index >= 15 is 0 Å². The minimum atomic E-state index is -0.859. The number of hydrogen-bond donors (Lipinski definition) is 0. The lowest BCUT2D eigenvalue weighted by Gasteiger charge is -2.07. The van der Waals surface area contributed by atoms with Crippen LogP contribution in [0, 0.1) is 0 Å². The van der Waals surface area contributed by atoms with E-state index in [1.807, 2.05) is 38.4 Å². The second kappa shape index (κ2) is 6.15. The van der Waals surface area contributed by atoms with Crippen LogP contribution < -0.4 is 0 Å². The maximum Gasteiger partial charge on any atom is 0.109 e. The summed E-state index contributed by atoms with van der Waals surface area (Å²) in [5, 5.41) is 0.748. The minimum absolute atomic E-state index is 0.204. The molecule has 0 aromatic heterocycles. The van der Waals surface area contributed by atoms with Gasteiger partial charge in [0.25, 0.3) is 0 Å². The molecule has 1 saturated heterocycles. The van der Waals surface area contributed by atoms with Crippen molar-refractivity contribution < 1.29 is 8.95 Å². The summed E-state index contributed by atoms with van der Waals surface area (Å²) in [7, 11) is 2.81. The number of epoxide rings is 1. The van der Waals surface area contributed by atoms with Crippen molar-refractivity contribution in [1.29, 1.82) is 0 Å². The molecule has 0 bridgehead atoms. The van der Waals surface area contributed by atoms with E-state index in [2.05, 4.69) is 0 Å². The minimum Gasteiger partial charge on any atom is -0.365 e. The van der Waals surface area contributed by atoms with Crippen molar-refractivity contribution in [2.45, 2.75) is 25.0 Å². The van der Waals surface area contributed by atoms with Crippen LogP contribution in [0.25, 0.3) is 0 Å². The van der Waals surface area contributed by atoms with Crippen LogP contribution in [0.4, 0.5) is 0 Å². The summed E-state index contributed by atoms with van der Waals surface area (Å²) < 4.78 is 18.9. The molecule has 0 spiro atoms. The number of nitrogens with zero attached hydrogens (tertiary/aromatic N) is 1. The molecule has 3 nitrogen and oxygen atoms in total. The van der Waals surface area contributed by atoms with Gasteiger partial charge in [-0.2, -0.15) is 0 Å². The zero-order valence-electron chi connectivity index (χ0n) is 10.6. The van der Waals surface area contributed by atoms with Gasteiger partial charge in [-0.1, -0.05) is 23.7 Å². The number of benzene rings is 1. The molecule has 18 heavy (non-hydrogen) atoms. The van der Waals surface area contributed by atoms with Gasteiger partial charge in [0, 0.05) is 10.8 Å². The maximum absolute atomic E-state index is 11.5. The molecule has 1 heterocycles. The fourth-order valence-corrected chi connectivity index (χ4v) is 2.80. The summed E-state index contributed by atoms with van der Waals surface area (Å²) in [5.41, 5.74) is 1.18. The largest absolute Gasteiger partial charge is 0.365 e. The topological polar surface area (TPSA) is 32.8 Å². The molecule has 5 heteroatoms. The molecular weight excluding hydrogens is 270 g/mol. The molecule has 1 aromatic carbocycles. The number of rotatable bonds is 6. The van der Waals surface area contributed by atoms with E-state index in [1.165, 1.54) is 5.56 Å². The van der Waals surface area contributed by atoms with Gasteiger partial charge in [-0.3, -0.25) is 0 Å². The lowest BCUT2D eigenvalue weighted by atomic mass is 10.1. The summed E-state index contributed by atoms with van der Waals surface area (Å²) in [6.45, 7) is 0. The number of halogens is 1. The van der Waals surface area contributed by atoms with Crippen molar-refractivity contribution in [1.82, 2.24) is 4.31 Å². The monoisotopic (exact) mass is 287 g/mol. The number of ether oxygens (including phenoxy) is 1. The zero-order valence-corrected chi connectivity index (χ0v) is 12.2. The Kier molecular flexibility index (Phi) is 4.78. The molecule has 3 atom stereocenters. The van der Waals surface area contributed by atoms with E-state index in [-0.39, 0.29) is 12.2 Å². The van der Waals surface area contributed by atoms with Crippen LogP contribution in [0.2, 0.25) is 5.02 Å². The van der Waals surface area contributed by atoms with Gasteiger partial charge in [-0.15, -0.1) is 0 Å². The first-order valence-corrected chi connectivity index (χ1v) is 7.70. The third-order valence-corrected chi connectivity index (χ3v) is 4.70. The molecule has 3 unspecified atom stereocenters. The van der Waals surface area contributed by atoms with Crippen molar-refractivity contribution in [2.24, 2.45) is 0 Å². The molecule has 0 saturated carbocycles. The third kappa shape index (κ3) is 3.79. The lowest BCUT2D eigenvalue weighted by molar-refractivity contribution is 0.365. The Labute approximate surface area is 116 Å². The van der Waals surface area contributed by atoms with Gasteiger partial charge in [-0.25, -0.2) is 8.51 Å². The molecule has 0 aliphatic carbocycles. The van der Waals surface area contributed by atoms with Gasteiger partial charge < -0.3 is 4.74 Å². The van der Waals surface area contributed by atoms with Crippen molar-refractivity contribution in [3.8, 4) is 0 Å². The molecule has 1 aliphatic heterocycles. The standard InChI is InChI=1S/C13H18ClNO2S/c1-15(2)18(16)9-3-4-12-13(17-12)10-5-7-11(14)8-6-10/h5-8,12-13H,3-4,9H2,1-2H3. The van der Waals surface area contributed by atoms with Crippen LogP contribution >= 0.6 is 11.6 Å². The molecule has 100 valence electrons. The molecule has 2 rings (SSSR count). The van der Waals surface area contributed by atoms with Gasteiger partial charge in [0.2, 0.25) is 0 Å². The summed E-state index contributed by atoms with van der Waals surface area (Å²) in [4.78, 5) is 0. The molecule has 1 fully saturated rings. The Morgan fingerprint density at radius 2 is 2.00 bits per heavy atom. The molecule has 0 amide bonds. The van der Waals surface area contributed by atoms with Crippen molar-refractivity contribution in [2.75, 3.05) is 19.8 Å². The van der Waals surface area contributed by atoms with Crippen LogP contribution in [0.5, 0.6) is 0 Å². The van der Waals surface area contributed by atoms with Crippen molar-refractivity contribution in [3.05, 3.63) is 34.9 Å². The van der Waals surface area contributed by atoms with Crippen LogP contribution in [0.3, 0.4) is 0 Å². The highest BCUT2D eigenvalue weighted by atomic mass is 35.5. The van der Waals surface area contributed by atoms with Gasteiger partial charge in [0.1, 0.15) is 6.10 Å². The quantitative estimate of drug-likeness (QED) is 0.754. The SMILES string of the molecule is CN(C)S(=O)CCCC1OC1c1ccc(Cl)cc1. The molecule has 0 N–H and O–H groups in total. The van der Waals surface area contributed by atoms with Crippen LogP contribution in [0.15, 0.2) is 24.3 Å². The zero-order chi connectivity index (χ0) is 13.1. The second-order valence-electron chi connectivity index (χ2n) is 4.63. The first kappa shape index (κ1) is 14.0. The van der Waals surface area contributed by atoms with E-state index in [4.69, 9.17) is 16.3 Å². The fraction of sp³-hybridized carbons (Fsp3) is 0.538. The second-order valence-corrected chi connectivity index (χ2v) is 6.84. The highest BCUT2D eigenvalue weighted by molar-refractivity contribution is 7.82. The Bertz CT molecular complexity index is 422. The predicted octanol–water partition coefficient (Wildman–Crippen LogP) is 2.79. The van der Waals surface area contributed by atoms with E-state index in [1.54, 1.807) is 4.31 Å². The molecule has 0 radical (unpaired) electrons. The first-order valence-electron chi connectivity index (χ1n) is 6.04. The lowest BCUT2D eigenvalue weighted by Crippen LogP contribution is -2.18. The van der Waals surface area contributed by atoms with Gasteiger partial charge in [0.15, 0.2) is 0 Å². The van der Waals surface area contributed by atoms with E-state index in [0.29, 0.717) is 5.75 Å². The highest BCUT2D eigenvalue weighted by Crippen LogP contribution is 2.41. The first-order chi connectivity index (χ1) is 8.58. The van der Waals surface area contributed by atoms with Gasteiger partial charge >= 0.3 is 0 Å². The van der Waals surface area contributed by atoms with Gasteiger partial charge in [0.05, 0.1) is 17.1 Å². The van der Waals surface area contributed by atoms with Crippen molar-refractivity contribution >= 4 is 22.6 Å². The predicted molar refractivity (Wildman–Crippen MR) is 75.0 cm³/mol. The summed E-state index contributed by atoms with van der Waals surface area (Å²) in [6.07, 6.45) is 2.38. The Morgan fingerprint density at radius 1 is 1.33 bits per heavy atom. The normalized spacial score (nSPS) is 24.2. The van der Waals surface area contributed by atoms with Crippen molar-refractivity contribution in [3.63, 3.8) is 0 Å². The smallest absolute Gasteiger partial charge is 0.109 e. The Hall–Kier alpha value is -0.420. The third-order valence-electron chi connectivity index (χ3n) is 3.00. The summed E-state index contributed by atoms with van der Waals surface area (Å²) in [6, 6.07) is 7.78. The van der Waals surface area contributed by atoms with Crippen LogP contribution in [-0.4, -0.2) is 34.5 Å². The highest BCUT2D eigenvalue weighted by Gasteiger charge is 2.39. The molecule has 1 aromatic rings. The molecule has 1 aliphatic rings. The Morgan fingerprint density at radius 3 is 2.61 bits per heavy atom. The van der Waals surface area contributed by atoms with E-state index in [9.17, 15) is 4.21 Å². The maximum atomic E-state index is 11.5.